The van der Waals surface area contributed by atoms with E-state index < -0.39 is 0 Å². The lowest BCUT2D eigenvalue weighted by Crippen LogP contribution is -2.66. The summed E-state index contributed by atoms with van der Waals surface area (Å²) in [5.74, 6) is 0.892. The van der Waals surface area contributed by atoms with Crippen LogP contribution in [0.1, 0.15) is 42.9 Å². The monoisotopic (exact) mass is 378 g/mol. The number of nitrogens with zero attached hydrogens (tertiary/aromatic N) is 2. The van der Waals surface area contributed by atoms with Gasteiger partial charge in [0.25, 0.3) is 0 Å². The summed E-state index contributed by atoms with van der Waals surface area (Å²) in [6.07, 6.45) is 4.36. The van der Waals surface area contributed by atoms with Crippen molar-refractivity contribution in [1.29, 1.82) is 0 Å². The molecule has 1 spiro atoms. The number of β-lactam (4-membered cyclic amide) rings is 1. The van der Waals surface area contributed by atoms with Gasteiger partial charge in [-0.1, -0.05) is 42.5 Å². The molecule has 0 aromatic heterocycles. The first-order chi connectivity index (χ1) is 13.7. The minimum Gasteiger partial charge on any atom is -0.334 e. The number of benzene rings is 2. The van der Waals surface area contributed by atoms with E-state index >= 15 is 0 Å². The molecule has 2 aliphatic heterocycles. The van der Waals surface area contributed by atoms with E-state index in [4.69, 9.17) is 0 Å². The highest BCUT2D eigenvalue weighted by molar-refractivity contribution is 5.91. The van der Waals surface area contributed by atoms with Crippen LogP contribution in [-0.4, -0.2) is 35.3 Å². The van der Waals surface area contributed by atoms with Gasteiger partial charge in [0.15, 0.2) is 0 Å². The molecular weight excluding hydrogens is 351 g/mol. The molecule has 2 saturated heterocycles. The molecule has 4 heteroatoms. The van der Waals surface area contributed by atoms with Gasteiger partial charge in [0.2, 0.25) is 5.91 Å². The molecule has 1 amide bonds. The number of carbonyl (C=O) groups excluding carboxylic acids is 1. The summed E-state index contributed by atoms with van der Waals surface area (Å²) in [5, 5.41) is 0. The van der Waals surface area contributed by atoms with Crippen molar-refractivity contribution in [1.82, 2.24) is 9.80 Å². The fourth-order valence-electron chi connectivity index (χ4n) is 5.10. The molecule has 0 radical (unpaired) electrons. The number of rotatable bonds is 5. The van der Waals surface area contributed by atoms with Crippen LogP contribution in [-0.2, 0) is 11.3 Å². The minimum atomic E-state index is -0.227. The van der Waals surface area contributed by atoms with Crippen LogP contribution in [0.3, 0.4) is 0 Å². The van der Waals surface area contributed by atoms with Crippen LogP contribution in [0.5, 0.6) is 0 Å². The van der Waals surface area contributed by atoms with Gasteiger partial charge in [0, 0.05) is 13.1 Å². The number of hydrogen-bond donors (Lipinski definition) is 0. The lowest BCUT2D eigenvalue weighted by Gasteiger charge is -2.59. The predicted molar refractivity (Wildman–Crippen MR) is 107 cm³/mol. The van der Waals surface area contributed by atoms with Crippen molar-refractivity contribution in [3.63, 3.8) is 0 Å². The molecule has 2 heterocycles. The summed E-state index contributed by atoms with van der Waals surface area (Å²) in [6, 6.07) is 17.6. The number of hydrogen-bond acceptors (Lipinski definition) is 2. The average Bonchev–Trinajstić information content (AvgIpc) is 3.55. The van der Waals surface area contributed by atoms with Crippen molar-refractivity contribution in [3.05, 3.63) is 71.5 Å². The van der Waals surface area contributed by atoms with Crippen molar-refractivity contribution in [2.24, 2.45) is 11.3 Å². The van der Waals surface area contributed by atoms with E-state index in [1.807, 2.05) is 18.2 Å². The summed E-state index contributed by atoms with van der Waals surface area (Å²) in [7, 11) is 0. The third-order valence-corrected chi connectivity index (χ3v) is 6.86. The van der Waals surface area contributed by atoms with Crippen LogP contribution in [0.15, 0.2) is 54.6 Å². The van der Waals surface area contributed by atoms with Crippen LogP contribution in [0.4, 0.5) is 4.39 Å². The molecule has 1 saturated carbocycles. The highest BCUT2D eigenvalue weighted by Crippen LogP contribution is 2.57. The molecule has 28 heavy (non-hydrogen) atoms. The lowest BCUT2D eigenvalue weighted by atomic mass is 9.62. The molecule has 1 atom stereocenters. The smallest absolute Gasteiger partial charge is 0.231 e. The van der Waals surface area contributed by atoms with Crippen LogP contribution in [0.2, 0.25) is 0 Å². The van der Waals surface area contributed by atoms with Crippen LogP contribution >= 0.6 is 0 Å². The second kappa shape index (κ2) is 7.00. The van der Waals surface area contributed by atoms with E-state index in [1.165, 1.54) is 30.5 Å². The van der Waals surface area contributed by atoms with Crippen molar-refractivity contribution < 1.29 is 9.18 Å². The zero-order valence-corrected chi connectivity index (χ0v) is 16.2. The zero-order valence-electron chi connectivity index (χ0n) is 16.2. The molecule has 3 fully saturated rings. The second-order valence-corrected chi connectivity index (χ2v) is 8.77. The number of halogens is 1. The second-order valence-electron chi connectivity index (χ2n) is 8.77. The Bertz CT molecular complexity index is 839. The standard InChI is InChI=1S/C24H27FN2O/c25-21-10-8-18(9-11-21)16-26-14-12-24(13-15-26)22(20-4-2-1-3-5-20)27(23(24)28)17-19-6-7-19/h1-5,8-11,19,22H,6-7,12-17H2/t22-/m1/s1. The molecule has 1 aliphatic carbocycles. The van der Waals surface area contributed by atoms with Crippen molar-refractivity contribution in [3.8, 4) is 0 Å². The molecular formula is C24H27FN2O. The van der Waals surface area contributed by atoms with E-state index in [1.54, 1.807) is 0 Å². The van der Waals surface area contributed by atoms with Crippen LogP contribution in [0, 0.1) is 17.2 Å². The molecule has 2 aromatic carbocycles. The number of amides is 1. The van der Waals surface area contributed by atoms with E-state index in [-0.39, 0.29) is 17.3 Å². The van der Waals surface area contributed by atoms with E-state index in [0.717, 1.165) is 44.6 Å². The van der Waals surface area contributed by atoms with Crippen LogP contribution in [0.25, 0.3) is 0 Å². The van der Waals surface area contributed by atoms with Gasteiger partial charge in [-0.2, -0.15) is 0 Å². The maximum Gasteiger partial charge on any atom is 0.231 e. The Hall–Kier alpha value is -2.20. The maximum absolute atomic E-state index is 13.3. The third-order valence-electron chi connectivity index (χ3n) is 6.86. The van der Waals surface area contributed by atoms with Gasteiger partial charge in [-0.25, -0.2) is 4.39 Å². The summed E-state index contributed by atoms with van der Waals surface area (Å²) < 4.78 is 13.1. The fourth-order valence-corrected chi connectivity index (χ4v) is 5.10. The van der Waals surface area contributed by atoms with E-state index in [0.29, 0.717) is 11.8 Å². The van der Waals surface area contributed by atoms with Gasteiger partial charge in [0.1, 0.15) is 5.82 Å². The Morgan fingerprint density at radius 3 is 2.29 bits per heavy atom. The molecule has 0 N–H and O–H groups in total. The molecule has 146 valence electrons. The first kappa shape index (κ1) is 17.9. The Morgan fingerprint density at radius 1 is 0.964 bits per heavy atom. The fraction of sp³-hybridized carbons (Fsp3) is 0.458. The van der Waals surface area contributed by atoms with Gasteiger partial charge >= 0.3 is 0 Å². The topological polar surface area (TPSA) is 23.6 Å². The number of piperidine rings is 1. The molecule has 3 aliphatic rings. The van der Waals surface area contributed by atoms with Gasteiger partial charge in [0.05, 0.1) is 11.5 Å². The molecule has 5 rings (SSSR count). The Kier molecular flexibility index (Phi) is 4.47. The molecule has 3 nitrogen and oxygen atoms in total. The molecule has 0 bridgehead atoms. The molecule has 2 aromatic rings. The van der Waals surface area contributed by atoms with Crippen molar-refractivity contribution in [2.45, 2.75) is 38.3 Å². The number of carbonyl (C=O) groups is 1. The van der Waals surface area contributed by atoms with Gasteiger partial charge in [-0.3, -0.25) is 9.69 Å². The summed E-state index contributed by atoms with van der Waals surface area (Å²) in [5.41, 5.74) is 2.19. The number of likely N-dealkylation sites (tertiary alicyclic amines) is 2. The van der Waals surface area contributed by atoms with Crippen molar-refractivity contribution in [2.75, 3.05) is 19.6 Å². The SMILES string of the molecule is O=C1N(CC2CC2)[C@H](c2ccccc2)C12CCN(Cc1ccc(F)cc1)CC2. The minimum absolute atomic E-state index is 0.192. The van der Waals surface area contributed by atoms with Crippen LogP contribution < -0.4 is 0 Å². The highest BCUT2D eigenvalue weighted by Gasteiger charge is 2.61. The normalized spacial score (nSPS) is 24.4. The highest BCUT2D eigenvalue weighted by atomic mass is 19.1. The first-order valence-electron chi connectivity index (χ1n) is 10.5. The Morgan fingerprint density at radius 2 is 1.64 bits per heavy atom. The quantitative estimate of drug-likeness (QED) is 0.720. The Labute approximate surface area is 166 Å². The first-order valence-corrected chi connectivity index (χ1v) is 10.5. The Balaban J connectivity index is 1.31. The van der Waals surface area contributed by atoms with Gasteiger partial charge < -0.3 is 4.90 Å². The predicted octanol–water partition coefficient (Wildman–Crippen LogP) is 4.40. The van der Waals surface area contributed by atoms with Gasteiger partial charge in [-0.05, 0) is 68.0 Å². The zero-order chi connectivity index (χ0) is 19.1. The average molecular weight is 378 g/mol. The summed E-state index contributed by atoms with van der Waals surface area (Å²) in [6.45, 7) is 3.60. The summed E-state index contributed by atoms with van der Waals surface area (Å²) >= 11 is 0. The van der Waals surface area contributed by atoms with Crippen molar-refractivity contribution >= 4 is 5.91 Å². The van der Waals surface area contributed by atoms with E-state index in [9.17, 15) is 9.18 Å². The molecule has 0 unspecified atom stereocenters. The third kappa shape index (κ3) is 3.14. The lowest BCUT2D eigenvalue weighted by molar-refractivity contribution is -0.181. The van der Waals surface area contributed by atoms with E-state index in [2.05, 4.69) is 34.1 Å². The van der Waals surface area contributed by atoms with Gasteiger partial charge in [-0.15, -0.1) is 0 Å². The maximum atomic E-state index is 13.3. The largest absolute Gasteiger partial charge is 0.334 e. The summed E-state index contributed by atoms with van der Waals surface area (Å²) in [4.78, 5) is 17.8.